The molecular weight excluding hydrogens is 795 g/mol. The summed E-state index contributed by atoms with van der Waals surface area (Å²) in [6, 6.07) is 36.6. The number of hydrogen-bond acceptors (Lipinski definition) is 4. The fourth-order valence-electron chi connectivity index (χ4n) is 7.47. The van der Waals surface area contributed by atoms with E-state index in [4.69, 9.17) is 0 Å². The predicted molar refractivity (Wildman–Crippen MR) is 203 cm³/mol. The number of para-hydroxylation sites is 2. The average Bonchev–Trinajstić information content (AvgIpc) is 3.48. The third-order valence-electron chi connectivity index (χ3n) is 10.2. The van der Waals surface area contributed by atoms with E-state index in [-0.39, 0.29) is 30.9 Å². The second kappa shape index (κ2) is 13.7. The maximum Gasteiger partial charge on any atom is 3.00 e. The van der Waals surface area contributed by atoms with E-state index >= 15 is 0 Å². The Morgan fingerprint density at radius 1 is 0.755 bits per heavy atom. The van der Waals surface area contributed by atoms with Crippen LogP contribution >= 0.6 is 11.8 Å². The van der Waals surface area contributed by atoms with Gasteiger partial charge in [0.2, 0.25) is 0 Å². The number of fused-ring (bicyclic) bond motifs is 4. The summed E-state index contributed by atoms with van der Waals surface area (Å²) < 4.78 is 0. The van der Waals surface area contributed by atoms with Gasteiger partial charge in [0.1, 0.15) is 0 Å². The number of anilines is 4. The van der Waals surface area contributed by atoms with Crippen LogP contribution in [0.15, 0.2) is 101 Å². The van der Waals surface area contributed by atoms with Gasteiger partial charge < -0.3 is 14.8 Å². The van der Waals surface area contributed by atoms with Crippen molar-refractivity contribution in [3.8, 4) is 11.3 Å². The summed E-state index contributed by atoms with van der Waals surface area (Å²) in [5.74, 6) is 0.891. The number of benzene rings is 4. The van der Waals surface area contributed by atoms with E-state index in [1.807, 2.05) is 54.2 Å². The van der Waals surface area contributed by atoms with Crippen molar-refractivity contribution in [3.63, 3.8) is 0 Å². The van der Waals surface area contributed by atoms with Crippen molar-refractivity contribution >= 4 is 34.5 Å². The van der Waals surface area contributed by atoms with Gasteiger partial charge in [-0.25, -0.2) is 0 Å². The maximum atomic E-state index is 4.22. The van der Waals surface area contributed by atoms with Gasteiger partial charge >= 0.3 is 20.1 Å². The quantitative estimate of drug-likeness (QED) is 0.168. The smallest absolute Gasteiger partial charge is 0.492 e. The molecule has 0 unspecified atom stereocenters. The molecule has 0 bridgehead atoms. The monoisotopic (exact) mass is 841 g/mol. The van der Waals surface area contributed by atoms with Gasteiger partial charge in [-0.2, -0.15) is 23.9 Å². The summed E-state index contributed by atoms with van der Waals surface area (Å²) in [6.07, 6.45) is 4.22. The minimum Gasteiger partial charge on any atom is -0.492 e. The number of nitrogens with zero attached hydrogens (tertiary/aromatic N) is 3. The predicted octanol–water partition coefficient (Wildman–Crippen LogP) is 12.5. The van der Waals surface area contributed by atoms with Crippen molar-refractivity contribution in [1.82, 2.24) is 4.98 Å². The molecule has 4 aromatic carbocycles. The Bertz CT molecular complexity index is 1890. The van der Waals surface area contributed by atoms with Crippen LogP contribution in [0.3, 0.4) is 0 Å². The molecule has 2 aliphatic heterocycles. The molecule has 1 aromatic heterocycles. The topological polar surface area (TPSA) is 19.4 Å². The van der Waals surface area contributed by atoms with E-state index in [2.05, 4.69) is 131 Å². The first-order valence-corrected chi connectivity index (χ1v) is 18.1. The molecule has 5 aromatic rings. The van der Waals surface area contributed by atoms with Crippen LogP contribution in [0.1, 0.15) is 102 Å². The summed E-state index contributed by atoms with van der Waals surface area (Å²) in [5, 5.41) is 0. The van der Waals surface area contributed by atoms with Gasteiger partial charge in [-0.05, 0) is 58.7 Å². The molecule has 0 spiro atoms. The molecule has 1 aliphatic carbocycles. The zero-order valence-electron chi connectivity index (χ0n) is 29.9. The summed E-state index contributed by atoms with van der Waals surface area (Å²) in [7, 11) is 0. The number of rotatable bonds is 4. The summed E-state index contributed by atoms with van der Waals surface area (Å²) in [5.41, 5.74) is 13.3. The van der Waals surface area contributed by atoms with E-state index in [9.17, 15) is 0 Å². The molecular formula is C44H46IrN3S. The molecule has 0 radical (unpaired) electrons. The van der Waals surface area contributed by atoms with E-state index in [1.54, 1.807) is 6.20 Å². The minimum atomic E-state index is 0. The first-order valence-electron chi connectivity index (χ1n) is 17.3. The Labute approximate surface area is 311 Å². The molecule has 0 saturated carbocycles. The molecule has 3 nitrogen and oxygen atoms in total. The zero-order valence-corrected chi connectivity index (χ0v) is 33.1. The van der Waals surface area contributed by atoms with Gasteiger partial charge in [0.25, 0.3) is 0 Å². The van der Waals surface area contributed by atoms with E-state index in [0.717, 1.165) is 11.3 Å². The fraction of sp³-hybridized carbons (Fsp3) is 0.318. The Balaban J connectivity index is 0.000000270. The van der Waals surface area contributed by atoms with Gasteiger partial charge in [0.15, 0.2) is 0 Å². The first-order chi connectivity index (χ1) is 23.0. The molecule has 3 heterocycles. The summed E-state index contributed by atoms with van der Waals surface area (Å²) in [4.78, 5) is 11.8. The molecule has 5 heteroatoms. The van der Waals surface area contributed by atoms with E-state index in [1.165, 1.54) is 67.6 Å². The van der Waals surface area contributed by atoms with Crippen LogP contribution in [0.25, 0.3) is 11.3 Å². The Morgan fingerprint density at radius 3 is 2.10 bits per heavy atom. The van der Waals surface area contributed by atoms with Crippen molar-refractivity contribution in [2.24, 2.45) is 0 Å². The van der Waals surface area contributed by atoms with Crippen molar-refractivity contribution in [2.75, 3.05) is 9.80 Å². The van der Waals surface area contributed by atoms with Gasteiger partial charge in [-0.15, -0.1) is 53.7 Å². The van der Waals surface area contributed by atoms with E-state index in [0.29, 0.717) is 11.8 Å². The van der Waals surface area contributed by atoms with Crippen LogP contribution in [0.5, 0.6) is 0 Å². The first kappa shape index (κ1) is 35.5. The fourth-order valence-corrected chi connectivity index (χ4v) is 8.88. The SMILES string of the molecule is CC(C)c1cccc(C(C)C)c1N1[CH-]N2c3[c-]cc4c(c3Sc3cccc1c32)C(C)(C)CCC4(C)C.[Ir+3].[c-]1ccccc1-c1ccccn1. The summed E-state index contributed by atoms with van der Waals surface area (Å²) >= 11 is 1.96. The van der Waals surface area contributed by atoms with Gasteiger partial charge in [0, 0.05) is 28.2 Å². The third-order valence-corrected chi connectivity index (χ3v) is 11.4. The Hall–Kier alpha value is -3.37. The molecule has 0 saturated heterocycles. The standard InChI is InChI=1S/C33H38N2S.C11H8N.Ir/c1-20(2)22-11-9-12-23(21(3)4)29(22)34-19-35-26-16-15-24-28(33(7,8)18-17-32(24,5)6)31(26)36-27-14-10-13-25(34)30(27)35;1-2-6-10(7-3-1)11-8-4-5-9-12-11;/h9-15,19-21H,17-18H2,1-8H3;1-6,8-9H;/q-2;-1;+3. The molecule has 0 N–H and O–H groups in total. The van der Waals surface area contributed by atoms with Gasteiger partial charge in [-0.3, -0.25) is 0 Å². The normalized spacial score (nSPS) is 16.3. The second-order valence-electron chi connectivity index (χ2n) is 15.2. The van der Waals surface area contributed by atoms with Crippen LogP contribution in [0.4, 0.5) is 22.7 Å². The molecule has 252 valence electrons. The molecule has 0 atom stereocenters. The van der Waals surface area contributed by atoms with Gasteiger partial charge in [0.05, 0.1) is 0 Å². The van der Waals surface area contributed by atoms with Crippen molar-refractivity contribution < 1.29 is 20.1 Å². The molecule has 49 heavy (non-hydrogen) atoms. The number of aromatic nitrogens is 1. The number of hydrogen-bond donors (Lipinski definition) is 0. The zero-order chi connectivity index (χ0) is 33.8. The van der Waals surface area contributed by atoms with Crippen molar-refractivity contribution in [2.45, 2.75) is 101 Å². The molecule has 3 aliphatic rings. The van der Waals surface area contributed by atoms with Gasteiger partial charge in [-0.1, -0.05) is 114 Å². The molecule has 8 rings (SSSR count). The van der Waals surface area contributed by atoms with Crippen LogP contribution < -0.4 is 9.80 Å². The average molecular weight is 841 g/mol. The Kier molecular flexibility index (Phi) is 9.94. The maximum absolute atomic E-state index is 4.22. The third kappa shape index (κ3) is 6.39. The van der Waals surface area contributed by atoms with Crippen LogP contribution in [0.2, 0.25) is 0 Å². The Morgan fingerprint density at radius 2 is 1.45 bits per heavy atom. The van der Waals surface area contributed by atoms with Crippen molar-refractivity contribution in [3.05, 3.63) is 132 Å². The molecule has 0 amide bonds. The van der Waals surface area contributed by atoms with Crippen LogP contribution in [-0.4, -0.2) is 4.98 Å². The minimum absolute atomic E-state index is 0. The van der Waals surface area contributed by atoms with Crippen molar-refractivity contribution in [1.29, 1.82) is 0 Å². The van der Waals surface area contributed by atoms with E-state index < -0.39 is 0 Å². The molecule has 0 fully saturated rings. The van der Waals surface area contributed by atoms with Crippen LogP contribution in [0, 0.1) is 18.8 Å². The summed E-state index contributed by atoms with van der Waals surface area (Å²) in [6.45, 7) is 21.2. The second-order valence-corrected chi connectivity index (χ2v) is 16.2. The largest absolute Gasteiger partial charge is 3.00 e. The number of pyridine rings is 1. The van der Waals surface area contributed by atoms with Crippen LogP contribution in [-0.2, 0) is 30.9 Å².